The number of amides is 2. The number of anilines is 1. The molecule has 0 radical (unpaired) electrons. The number of rotatable bonds is 7. The molecule has 0 aromatic heterocycles. The van der Waals surface area contributed by atoms with Crippen LogP contribution in [0.4, 0.5) is 5.69 Å². The second-order valence-electron chi connectivity index (χ2n) is 5.83. The highest BCUT2D eigenvalue weighted by Gasteiger charge is 2.32. The van der Waals surface area contributed by atoms with Gasteiger partial charge in [0.1, 0.15) is 11.0 Å². The summed E-state index contributed by atoms with van der Waals surface area (Å²) in [5.74, 6) is 0.235. The molecule has 0 bridgehead atoms. The number of amidine groups is 1. The fourth-order valence-electron chi connectivity index (χ4n) is 2.51. The van der Waals surface area contributed by atoms with Crippen LogP contribution in [0, 0.1) is 0 Å². The van der Waals surface area contributed by atoms with E-state index in [1.165, 1.54) is 11.8 Å². The van der Waals surface area contributed by atoms with Gasteiger partial charge in [0.15, 0.2) is 5.17 Å². The Labute approximate surface area is 167 Å². The Balaban J connectivity index is 1.57. The fraction of sp³-hybridized carbons (Fsp3) is 0.200. The van der Waals surface area contributed by atoms with Crippen molar-refractivity contribution in [2.24, 2.45) is 10.2 Å². The predicted octanol–water partition coefficient (Wildman–Crippen LogP) is 3.04. The van der Waals surface area contributed by atoms with E-state index in [9.17, 15) is 9.59 Å². The van der Waals surface area contributed by atoms with E-state index in [1.807, 2.05) is 49.4 Å². The van der Waals surface area contributed by atoms with Crippen molar-refractivity contribution in [1.29, 1.82) is 0 Å². The normalized spacial score (nSPS) is 17.7. The summed E-state index contributed by atoms with van der Waals surface area (Å²) >= 11 is 1.19. The Morgan fingerprint density at radius 1 is 1.21 bits per heavy atom. The van der Waals surface area contributed by atoms with Crippen LogP contribution in [0.15, 0.2) is 64.8 Å². The maximum atomic E-state index is 12.1. The first-order valence-electron chi connectivity index (χ1n) is 8.81. The molecule has 7 nitrogen and oxygen atoms in total. The van der Waals surface area contributed by atoms with Crippen LogP contribution in [0.25, 0.3) is 0 Å². The zero-order valence-corrected chi connectivity index (χ0v) is 16.1. The number of para-hydroxylation sites is 2. The molecule has 3 rings (SSSR count). The summed E-state index contributed by atoms with van der Waals surface area (Å²) in [6.07, 6.45) is 1.63. The van der Waals surface area contributed by atoms with Crippen molar-refractivity contribution >= 4 is 40.6 Å². The van der Waals surface area contributed by atoms with Gasteiger partial charge in [-0.05, 0) is 31.2 Å². The van der Waals surface area contributed by atoms with Crippen LogP contribution in [0.3, 0.4) is 0 Å². The smallest absolute Gasteiger partial charge is 0.240 e. The molecule has 1 heterocycles. The van der Waals surface area contributed by atoms with E-state index in [1.54, 1.807) is 18.3 Å². The molecular weight excluding hydrogens is 376 g/mol. The Morgan fingerprint density at radius 3 is 2.75 bits per heavy atom. The maximum absolute atomic E-state index is 12.1. The van der Waals surface area contributed by atoms with Crippen LogP contribution in [0.1, 0.15) is 18.9 Å². The molecule has 2 aromatic carbocycles. The van der Waals surface area contributed by atoms with Gasteiger partial charge in [-0.25, -0.2) is 0 Å². The number of carbonyl (C=O) groups excluding carboxylic acids is 2. The van der Waals surface area contributed by atoms with E-state index >= 15 is 0 Å². The van der Waals surface area contributed by atoms with Gasteiger partial charge in [0.25, 0.3) is 0 Å². The predicted molar refractivity (Wildman–Crippen MR) is 112 cm³/mol. The van der Waals surface area contributed by atoms with Gasteiger partial charge in [-0.2, -0.15) is 5.10 Å². The lowest BCUT2D eigenvalue weighted by Gasteiger charge is -2.06. The third kappa shape index (κ3) is 5.43. The van der Waals surface area contributed by atoms with Crippen LogP contribution >= 0.6 is 11.8 Å². The third-order valence-electron chi connectivity index (χ3n) is 3.77. The van der Waals surface area contributed by atoms with Crippen LogP contribution in [0.5, 0.6) is 5.75 Å². The Morgan fingerprint density at radius 2 is 1.96 bits per heavy atom. The summed E-state index contributed by atoms with van der Waals surface area (Å²) in [6, 6.07) is 16.6. The van der Waals surface area contributed by atoms with Crippen molar-refractivity contribution in [3.63, 3.8) is 0 Å². The Bertz CT molecular complexity index is 899. The Hall–Kier alpha value is -3.13. The average Bonchev–Trinajstić information content (AvgIpc) is 3.03. The monoisotopic (exact) mass is 396 g/mol. The van der Waals surface area contributed by atoms with Gasteiger partial charge in [-0.1, -0.05) is 42.1 Å². The summed E-state index contributed by atoms with van der Waals surface area (Å²) in [7, 11) is 0. The minimum absolute atomic E-state index is 0.0568. The van der Waals surface area contributed by atoms with E-state index in [4.69, 9.17) is 4.74 Å². The molecule has 8 heteroatoms. The van der Waals surface area contributed by atoms with Crippen molar-refractivity contribution in [3.05, 3.63) is 60.2 Å². The van der Waals surface area contributed by atoms with E-state index < -0.39 is 5.25 Å². The highest BCUT2D eigenvalue weighted by atomic mass is 32.2. The van der Waals surface area contributed by atoms with Crippen molar-refractivity contribution < 1.29 is 14.3 Å². The van der Waals surface area contributed by atoms with Crippen molar-refractivity contribution in [3.8, 4) is 5.75 Å². The number of thioether (sulfide) groups is 1. The molecule has 28 heavy (non-hydrogen) atoms. The van der Waals surface area contributed by atoms with Crippen LogP contribution in [-0.4, -0.2) is 35.1 Å². The van der Waals surface area contributed by atoms with Gasteiger partial charge in [0, 0.05) is 17.7 Å². The first-order chi connectivity index (χ1) is 13.7. The molecule has 1 unspecified atom stereocenters. The second-order valence-corrected chi connectivity index (χ2v) is 7.03. The zero-order valence-electron chi connectivity index (χ0n) is 15.3. The molecule has 1 atom stereocenters. The van der Waals surface area contributed by atoms with E-state index in [2.05, 4.69) is 20.8 Å². The molecule has 0 saturated carbocycles. The number of hydrogen-bond donors (Lipinski definition) is 2. The molecule has 0 aliphatic carbocycles. The summed E-state index contributed by atoms with van der Waals surface area (Å²) in [5.41, 5.74) is 1.49. The summed E-state index contributed by atoms with van der Waals surface area (Å²) in [4.78, 5) is 24.2. The lowest BCUT2D eigenvalue weighted by Crippen LogP contribution is -2.28. The molecule has 2 aromatic rings. The van der Waals surface area contributed by atoms with Crippen LogP contribution in [0.2, 0.25) is 0 Å². The third-order valence-corrected chi connectivity index (χ3v) is 4.84. The van der Waals surface area contributed by atoms with Crippen molar-refractivity contribution in [2.75, 3.05) is 11.9 Å². The number of ether oxygens (including phenoxy) is 1. The molecule has 2 N–H and O–H groups in total. The number of nitrogens with zero attached hydrogens (tertiary/aromatic N) is 2. The number of benzene rings is 2. The first kappa shape index (κ1) is 19.6. The first-order valence-corrected chi connectivity index (χ1v) is 9.69. The molecular formula is C20H20N4O3S. The zero-order chi connectivity index (χ0) is 19.8. The second kappa shape index (κ2) is 9.70. The molecule has 144 valence electrons. The number of nitrogens with one attached hydrogen (secondary N) is 2. The molecule has 1 aliphatic rings. The van der Waals surface area contributed by atoms with Gasteiger partial charge < -0.3 is 15.4 Å². The largest absolute Gasteiger partial charge is 0.493 e. The quantitative estimate of drug-likeness (QED) is 0.556. The van der Waals surface area contributed by atoms with Gasteiger partial charge in [-0.3, -0.25) is 9.59 Å². The van der Waals surface area contributed by atoms with Crippen molar-refractivity contribution in [1.82, 2.24) is 5.32 Å². The average molecular weight is 396 g/mol. The highest BCUT2D eigenvalue weighted by Crippen LogP contribution is 2.23. The maximum Gasteiger partial charge on any atom is 0.240 e. The number of hydrogen-bond acceptors (Lipinski definition) is 6. The SMILES string of the molecule is CCOc1ccccc1C=N/N=C1/NC(=O)C(CC(=O)Nc2ccccc2)S1. The summed E-state index contributed by atoms with van der Waals surface area (Å²) in [6.45, 7) is 2.46. The van der Waals surface area contributed by atoms with Crippen LogP contribution in [-0.2, 0) is 9.59 Å². The molecule has 2 amide bonds. The van der Waals surface area contributed by atoms with Crippen molar-refractivity contribution in [2.45, 2.75) is 18.6 Å². The number of carbonyl (C=O) groups is 2. The lowest BCUT2D eigenvalue weighted by molar-refractivity contribution is -0.122. The molecule has 0 spiro atoms. The lowest BCUT2D eigenvalue weighted by atomic mass is 10.2. The molecule has 1 saturated heterocycles. The van der Waals surface area contributed by atoms with E-state index in [0.717, 1.165) is 5.56 Å². The minimum Gasteiger partial charge on any atom is -0.493 e. The van der Waals surface area contributed by atoms with Gasteiger partial charge in [0.05, 0.1) is 12.8 Å². The molecule has 1 aliphatic heterocycles. The van der Waals surface area contributed by atoms with E-state index in [0.29, 0.717) is 23.2 Å². The van der Waals surface area contributed by atoms with E-state index in [-0.39, 0.29) is 18.2 Å². The summed E-state index contributed by atoms with van der Waals surface area (Å²) in [5, 5.41) is 13.3. The highest BCUT2D eigenvalue weighted by molar-refractivity contribution is 8.15. The minimum atomic E-state index is -0.534. The van der Waals surface area contributed by atoms with Gasteiger partial charge in [0.2, 0.25) is 11.8 Å². The van der Waals surface area contributed by atoms with Gasteiger partial charge in [-0.15, -0.1) is 5.10 Å². The summed E-state index contributed by atoms with van der Waals surface area (Å²) < 4.78 is 5.53. The standard InChI is InChI=1S/C20H20N4O3S/c1-2-27-16-11-7-6-8-14(16)13-21-24-20-23-19(26)17(28-20)12-18(25)22-15-9-4-3-5-10-15/h3-11,13,17H,2,12H2,1H3,(H,22,25)(H,23,24,26). The fourth-order valence-corrected chi connectivity index (χ4v) is 3.43. The molecule has 1 fully saturated rings. The van der Waals surface area contributed by atoms with Gasteiger partial charge >= 0.3 is 0 Å². The topological polar surface area (TPSA) is 92.2 Å². The Kier molecular flexibility index (Phi) is 6.80. The van der Waals surface area contributed by atoms with Crippen LogP contribution < -0.4 is 15.4 Å².